The SMILES string of the molecule is CCOC(=O)CNc1ncc2ccccn12. The number of pyridine rings is 1. The van der Waals surface area contributed by atoms with E-state index in [1.807, 2.05) is 28.8 Å². The van der Waals surface area contributed by atoms with Crippen LogP contribution in [0.1, 0.15) is 6.92 Å². The van der Waals surface area contributed by atoms with Crippen molar-refractivity contribution in [2.75, 3.05) is 18.5 Å². The van der Waals surface area contributed by atoms with E-state index in [-0.39, 0.29) is 12.5 Å². The Hall–Kier alpha value is -2.04. The molecule has 0 saturated carbocycles. The molecule has 5 nitrogen and oxygen atoms in total. The maximum atomic E-state index is 11.2. The molecule has 2 aromatic heterocycles. The minimum Gasteiger partial charge on any atom is -0.465 e. The number of imidazole rings is 1. The molecule has 0 aromatic carbocycles. The molecule has 0 saturated heterocycles. The molecule has 0 fully saturated rings. The van der Waals surface area contributed by atoms with Crippen LogP contribution in [0.25, 0.3) is 5.52 Å². The summed E-state index contributed by atoms with van der Waals surface area (Å²) in [6, 6.07) is 5.79. The number of carbonyl (C=O) groups excluding carboxylic acids is 1. The first-order chi connectivity index (χ1) is 7.81. The maximum Gasteiger partial charge on any atom is 0.325 e. The third-order valence-electron chi connectivity index (χ3n) is 2.13. The number of rotatable bonds is 4. The normalized spacial score (nSPS) is 10.3. The number of aromatic nitrogens is 2. The summed E-state index contributed by atoms with van der Waals surface area (Å²) in [4.78, 5) is 15.3. The Balaban J connectivity index is 2.07. The Labute approximate surface area is 93.1 Å². The summed E-state index contributed by atoms with van der Waals surface area (Å²) in [6.07, 6.45) is 3.63. The second kappa shape index (κ2) is 4.65. The van der Waals surface area contributed by atoms with Crippen molar-refractivity contribution in [2.24, 2.45) is 0 Å². The third-order valence-corrected chi connectivity index (χ3v) is 2.13. The predicted octanol–water partition coefficient (Wildman–Crippen LogP) is 1.31. The van der Waals surface area contributed by atoms with Gasteiger partial charge < -0.3 is 10.1 Å². The Morgan fingerprint density at radius 2 is 2.44 bits per heavy atom. The molecule has 2 rings (SSSR count). The van der Waals surface area contributed by atoms with Crippen LogP contribution in [0, 0.1) is 0 Å². The molecule has 0 unspecified atom stereocenters. The van der Waals surface area contributed by atoms with Gasteiger partial charge in [0.15, 0.2) is 0 Å². The van der Waals surface area contributed by atoms with Gasteiger partial charge >= 0.3 is 5.97 Å². The van der Waals surface area contributed by atoms with Gasteiger partial charge in [0.2, 0.25) is 5.95 Å². The summed E-state index contributed by atoms with van der Waals surface area (Å²) in [7, 11) is 0. The van der Waals surface area contributed by atoms with Crippen LogP contribution in [0.15, 0.2) is 30.6 Å². The molecule has 0 bridgehead atoms. The first-order valence-corrected chi connectivity index (χ1v) is 5.13. The van der Waals surface area contributed by atoms with Gasteiger partial charge in [0, 0.05) is 6.20 Å². The lowest BCUT2D eigenvalue weighted by Gasteiger charge is -2.04. The van der Waals surface area contributed by atoms with E-state index in [0.717, 1.165) is 5.52 Å². The van der Waals surface area contributed by atoms with E-state index in [0.29, 0.717) is 12.6 Å². The van der Waals surface area contributed by atoms with Gasteiger partial charge in [0.25, 0.3) is 0 Å². The molecular formula is C11H13N3O2. The van der Waals surface area contributed by atoms with Crippen LogP contribution in [0.4, 0.5) is 5.95 Å². The summed E-state index contributed by atoms with van der Waals surface area (Å²) in [5, 5.41) is 2.93. The highest BCUT2D eigenvalue weighted by molar-refractivity contribution is 5.74. The summed E-state index contributed by atoms with van der Waals surface area (Å²) < 4.78 is 6.69. The van der Waals surface area contributed by atoms with Crippen molar-refractivity contribution in [1.82, 2.24) is 9.38 Å². The second-order valence-corrected chi connectivity index (χ2v) is 3.24. The maximum absolute atomic E-state index is 11.2. The quantitative estimate of drug-likeness (QED) is 0.788. The fourth-order valence-electron chi connectivity index (χ4n) is 1.44. The van der Waals surface area contributed by atoms with Gasteiger partial charge in [-0.05, 0) is 19.1 Å². The van der Waals surface area contributed by atoms with E-state index >= 15 is 0 Å². The van der Waals surface area contributed by atoms with Crippen LogP contribution in [0.5, 0.6) is 0 Å². The molecule has 0 aliphatic rings. The van der Waals surface area contributed by atoms with E-state index in [1.165, 1.54) is 0 Å². The Morgan fingerprint density at radius 3 is 3.25 bits per heavy atom. The fraction of sp³-hybridized carbons (Fsp3) is 0.273. The topological polar surface area (TPSA) is 55.6 Å². The first-order valence-electron chi connectivity index (χ1n) is 5.13. The lowest BCUT2D eigenvalue weighted by Crippen LogP contribution is -2.17. The van der Waals surface area contributed by atoms with Crippen molar-refractivity contribution in [3.8, 4) is 0 Å². The molecule has 84 valence electrons. The van der Waals surface area contributed by atoms with Gasteiger partial charge in [-0.1, -0.05) is 6.07 Å². The van der Waals surface area contributed by atoms with Gasteiger partial charge in [0.1, 0.15) is 6.54 Å². The molecule has 0 amide bonds. The number of hydrogen-bond acceptors (Lipinski definition) is 4. The van der Waals surface area contributed by atoms with Gasteiger partial charge in [-0.3, -0.25) is 9.20 Å². The van der Waals surface area contributed by atoms with Crippen molar-refractivity contribution in [3.63, 3.8) is 0 Å². The molecule has 0 atom stereocenters. The molecule has 0 aliphatic carbocycles. The summed E-state index contributed by atoms with van der Waals surface area (Å²) in [5.41, 5.74) is 0.980. The number of esters is 1. The van der Waals surface area contributed by atoms with E-state index in [4.69, 9.17) is 4.74 Å². The lowest BCUT2D eigenvalue weighted by molar-refractivity contribution is -0.140. The Bertz CT molecular complexity index is 493. The molecule has 0 aliphatic heterocycles. The molecule has 16 heavy (non-hydrogen) atoms. The molecule has 2 aromatic rings. The van der Waals surface area contributed by atoms with Crippen LogP contribution in [-0.2, 0) is 9.53 Å². The number of anilines is 1. The largest absolute Gasteiger partial charge is 0.465 e. The first kappa shape index (κ1) is 10.5. The van der Waals surface area contributed by atoms with E-state index in [1.54, 1.807) is 13.1 Å². The van der Waals surface area contributed by atoms with Gasteiger partial charge in [-0.15, -0.1) is 0 Å². The molecular weight excluding hydrogens is 206 g/mol. The zero-order chi connectivity index (χ0) is 11.4. The standard InChI is InChI=1S/C11H13N3O2/c1-2-16-10(15)8-13-11-12-7-9-5-3-4-6-14(9)11/h3-7H,2,8H2,1H3,(H,12,13). The molecule has 5 heteroatoms. The number of carbonyl (C=O) groups is 1. The third kappa shape index (κ3) is 2.13. The minimum absolute atomic E-state index is 0.127. The van der Waals surface area contributed by atoms with Crippen LogP contribution in [0.2, 0.25) is 0 Å². The summed E-state index contributed by atoms with van der Waals surface area (Å²) >= 11 is 0. The lowest BCUT2D eigenvalue weighted by atomic mass is 10.4. The number of nitrogens with zero attached hydrogens (tertiary/aromatic N) is 2. The highest BCUT2D eigenvalue weighted by Crippen LogP contribution is 2.09. The van der Waals surface area contributed by atoms with E-state index < -0.39 is 0 Å². The van der Waals surface area contributed by atoms with Crippen molar-refractivity contribution < 1.29 is 9.53 Å². The van der Waals surface area contributed by atoms with Crippen LogP contribution >= 0.6 is 0 Å². The molecule has 0 spiro atoms. The van der Waals surface area contributed by atoms with Crippen molar-refractivity contribution >= 4 is 17.4 Å². The molecule has 2 heterocycles. The summed E-state index contributed by atoms with van der Waals surface area (Å²) in [5.74, 6) is 0.360. The van der Waals surface area contributed by atoms with Gasteiger partial charge in [0.05, 0.1) is 18.3 Å². The number of fused-ring (bicyclic) bond motifs is 1. The van der Waals surface area contributed by atoms with Gasteiger partial charge in [-0.2, -0.15) is 0 Å². The number of nitrogens with one attached hydrogen (secondary N) is 1. The van der Waals surface area contributed by atoms with Crippen LogP contribution in [-0.4, -0.2) is 28.5 Å². The molecule has 0 radical (unpaired) electrons. The van der Waals surface area contributed by atoms with Gasteiger partial charge in [-0.25, -0.2) is 4.98 Å². The zero-order valence-electron chi connectivity index (χ0n) is 9.01. The van der Waals surface area contributed by atoms with E-state index in [9.17, 15) is 4.79 Å². The van der Waals surface area contributed by atoms with Crippen molar-refractivity contribution in [1.29, 1.82) is 0 Å². The fourth-order valence-corrected chi connectivity index (χ4v) is 1.44. The van der Waals surface area contributed by atoms with Crippen LogP contribution < -0.4 is 5.32 Å². The molecule has 1 N–H and O–H groups in total. The second-order valence-electron chi connectivity index (χ2n) is 3.24. The Kier molecular flexibility index (Phi) is 3.05. The Morgan fingerprint density at radius 1 is 1.56 bits per heavy atom. The average molecular weight is 219 g/mol. The average Bonchev–Trinajstić information content (AvgIpc) is 2.70. The van der Waals surface area contributed by atoms with E-state index in [2.05, 4.69) is 10.3 Å². The predicted molar refractivity (Wildman–Crippen MR) is 60.3 cm³/mol. The van der Waals surface area contributed by atoms with Crippen molar-refractivity contribution in [3.05, 3.63) is 30.6 Å². The zero-order valence-corrected chi connectivity index (χ0v) is 9.01. The summed E-state index contributed by atoms with van der Waals surface area (Å²) in [6.45, 7) is 2.30. The minimum atomic E-state index is -0.282. The number of hydrogen-bond donors (Lipinski definition) is 1. The number of ether oxygens (including phenoxy) is 1. The van der Waals surface area contributed by atoms with Crippen LogP contribution in [0.3, 0.4) is 0 Å². The highest BCUT2D eigenvalue weighted by Gasteiger charge is 2.05. The monoisotopic (exact) mass is 219 g/mol. The smallest absolute Gasteiger partial charge is 0.325 e. The van der Waals surface area contributed by atoms with Crippen molar-refractivity contribution in [2.45, 2.75) is 6.92 Å². The highest BCUT2D eigenvalue weighted by atomic mass is 16.5.